The number of allylic oxidation sites excluding steroid dienone is 1. The van der Waals surface area contributed by atoms with Crippen LogP contribution in [0.3, 0.4) is 0 Å². The molecule has 3 aromatic rings. The molecule has 0 saturated carbocycles. The minimum Gasteiger partial charge on any atom is -0.493 e. The summed E-state index contributed by atoms with van der Waals surface area (Å²) in [6.07, 6.45) is 8.87. The van der Waals surface area contributed by atoms with Crippen LogP contribution in [-0.2, 0) is 0 Å². The average molecular weight is 408 g/mol. The van der Waals surface area contributed by atoms with Crippen molar-refractivity contribution in [2.75, 3.05) is 26.6 Å². The Morgan fingerprint density at radius 1 is 1.17 bits per heavy atom. The lowest BCUT2D eigenvalue weighted by Gasteiger charge is -2.13. The Morgan fingerprint density at radius 3 is 2.43 bits per heavy atom. The zero-order chi connectivity index (χ0) is 21.7. The van der Waals surface area contributed by atoms with Crippen LogP contribution >= 0.6 is 0 Å². The van der Waals surface area contributed by atoms with E-state index in [9.17, 15) is 4.79 Å². The highest BCUT2D eigenvalue weighted by molar-refractivity contribution is 6.08. The van der Waals surface area contributed by atoms with E-state index < -0.39 is 0 Å². The molecule has 3 rings (SSSR count). The Labute approximate surface area is 173 Å². The number of nitrogens with zero attached hydrogens (tertiary/aromatic N) is 1. The summed E-state index contributed by atoms with van der Waals surface area (Å²) in [7, 11) is 4.51. The lowest BCUT2D eigenvalue weighted by molar-refractivity contribution is 0.103. The molecule has 0 aliphatic heterocycles. The van der Waals surface area contributed by atoms with Gasteiger partial charge in [-0.25, -0.2) is 4.98 Å². The average Bonchev–Trinajstić information content (AvgIpc) is 3.39. The summed E-state index contributed by atoms with van der Waals surface area (Å²) < 4.78 is 16.0. The predicted octanol–water partition coefficient (Wildman–Crippen LogP) is 2.51. The zero-order valence-electron chi connectivity index (χ0n) is 17.3. The molecule has 3 N–H and O–H groups in total. The number of benzene rings is 1. The van der Waals surface area contributed by atoms with Crippen molar-refractivity contribution in [3.63, 3.8) is 0 Å². The van der Waals surface area contributed by atoms with E-state index in [0.717, 1.165) is 16.3 Å². The second kappa shape index (κ2) is 9.04. The van der Waals surface area contributed by atoms with Crippen molar-refractivity contribution in [1.29, 1.82) is 0 Å². The number of rotatable bonds is 8. The quantitative estimate of drug-likeness (QED) is 0.495. The zero-order valence-corrected chi connectivity index (χ0v) is 17.3. The minimum absolute atomic E-state index is 0.258. The van der Waals surface area contributed by atoms with Crippen molar-refractivity contribution in [2.24, 2.45) is 0 Å². The molecule has 0 amide bonds. The van der Waals surface area contributed by atoms with Gasteiger partial charge in [0.2, 0.25) is 17.5 Å². The number of nitrogens with one attached hydrogen (secondary N) is 3. The number of hydrogen-bond acceptors (Lipinski definition) is 6. The van der Waals surface area contributed by atoms with Crippen LogP contribution in [0.2, 0.25) is 0 Å². The molecular weight excluding hydrogens is 384 g/mol. The van der Waals surface area contributed by atoms with Crippen molar-refractivity contribution >= 4 is 29.6 Å². The number of methoxy groups -OCH3 is 3. The number of aromatic amines is 2. The normalized spacial score (nSPS) is 12.0. The predicted molar refractivity (Wildman–Crippen MR) is 116 cm³/mol. The Hall–Kier alpha value is -3.94. The van der Waals surface area contributed by atoms with E-state index in [1.165, 1.54) is 27.5 Å². The van der Waals surface area contributed by atoms with Crippen LogP contribution in [0, 0.1) is 0 Å². The number of aromatic nitrogens is 3. The molecule has 0 unspecified atom stereocenters. The van der Waals surface area contributed by atoms with E-state index in [-0.39, 0.29) is 5.78 Å². The summed E-state index contributed by atoms with van der Waals surface area (Å²) in [6.45, 7) is 5.66. The second-order valence-corrected chi connectivity index (χ2v) is 6.23. The second-order valence-electron chi connectivity index (χ2n) is 6.23. The first kappa shape index (κ1) is 20.8. The Morgan fingerprint density at radius 2 is 1.87 bits per heavy atom. The molecule has 8 nitrogen and oxygen atoms in total. The third-order valence-corrected chi connectivity index (χ3v) is 4.53. The van der Waals surface area contributed by atoms with Gasteiger partial charge in [-0.1, -0.05) is 18.7 Å². The molecule has 0 bridgehead atoms. The van der Waals surface area contributed by atoms with Gasteiger partial charge in [0.25, 0.3) is 0 Å². The molecule has 0 saturated heterocycles. The Balaban J connectivity index is 1.91. The number of hydrogen-bond donors (Lipinski definition) is 3. The summed E-state index contributed by atoms with van der Waals surface area (Å²) in [6, 6.07) is 3.21. The van der Waals surface area contributed by atoms with Gasteiger partial charge in [-0.3, -0.25) is 4.79 Å². The lowest BCUT2D eigenvalue weighted by Crippen LogP contribution is -2.23. The summed E-state index contributed by atoms with van der Waals surface area (Å²) >= 11 is 0. The molecule has 2 aromatic heterocycles. The minimum atomic E-state index is -0.258. The van der Waals surface area contributed by atoms with E-state index in [1.807, 2.05) is 25.3 Å². The Kier molecular flexibility index (Phi) is 6.26. The van der Waals surface area contributed by atoms with Gasteiger partial charge in [0.1, 0.15) is 5.69 Å². The summed E-state index contributed by atoms with van der Waals surface area (Å²) in [5.41, 5.74) is 1.53. The van der Waals surface area contributed by atoms with Crippen molar-refractivity contribution in [1.82, 2.24) is 15.0 Å². The van der Waals surface area contributed by atoms with Crippen molar-refractivity contribution in [3.05, 3.63) is 59.0 Å². The van der Waals surface area contributed by atoms with Crippen molar-refractivity contribution in [2.45, 2.75) is 6.92 Å². The third kappa shape index (κ3) is 3.93. The highest BCUT2D eigenvalue weighted by Gasteiger charge is 2.19. The molecule has 1 aromatic carbocycles. The first-order valence-corrected chi connectivity index (χ1v) is 9.19. The maximum absolute atomic E-state index is 13.0. The largest absolute Gasteiger partial charge is 0.493 e. The number of ether oxygens (including phenoxy) is 3. The van der Waals surface area contributed by atoms with Crippen LogP contribution in [0.4, 0.5) is 11.6 Å². The number of imidazole rings is 1. The standard InChI is InChI=1S/C22H24N4O4/c1-6-8-15-14(7-2)16(11-23-15)25-22-24-12-17(26-22)20(27)13-9-18(28-3)21(30-5)19(10-13)29-4/h6-12,23H,1H2,2-5H3,(H2,24,25,26)/b14-7+,15-8+. The van der Waals surface area contributed by atoms with Crippen LogP contribution < -0.4 is 30.1 Å². The molecule has 0 radical (unpaired) electrons. The molecule has 30 heavy (non-hydrogen) atoms. The molecule has 0 atom stereocenters. The number of carbonyl (C=O) groups is 1. The van der Waals surface area contributed by atoms with Gasteiger partial charge in [-0.2, -0.15) is 0 Å². The fourth-order valence-corrected chi connectivity index (χ4v) is 3.12. The van der Waals surface area contributed by atoms with Gasteiger partial charge in [-0.05, 0) is 25.1 Å². The van der Waals surface area contributed by atoms with E-state index in [1.54, 1.807) is 18.2 Å². The van der Waals surface area contributed by atoms with Crippen LogP contribution in [0.15, 0.2) is 37.2 Å². The highest BCUT2D eigenvalue weighted by atomic mass is 16.5. The molecule has 8 heteroatoms. The maximum atomic E-state index is 13.0. The van der Waals surface area contributed by atoms with Crippen LogP contribution in [0.5, 0.6) is 17.2 Å². The molecule has 156 valence electrons. The molecule has 0 aliphatic rings. The number of anilines is 2. The van der Waals surface area contributed by atoms with Crippen LogP contribution in [0.1, 0.15) is 23.0 Å². The number of ketones is 1. The third-order valence-electron chi connectivity index (χ3n) is 4.53. The Bertz CT molecular complexity index is 1170. The lowest BCUT2D eigenvalue weighted by atomic mass is 10.1. The molecule has 2 heterocycles. The van der Waals surface area contributed by atoms with Crippen molar-refractivity contribution in [3.8, 4) is 17.2 Å². The topological polar surface area (TPSA) is 101 Å². The van der Waals surface area contributed by atoms with E-state index >= 15 is 0 Å². The molecule has 0 fully saturated rings. The summed E-state index contributed by atoms with van der Waals surface area (Å²) in [5.74, 6) is 1.41. The molecule has 0 aliphatic carbocycles. The monoisotopic (exact) mass is 408 g/mol. The van der Waals surface area contributed by atoms with E-state index in [0.29, 0.717) is 34.5 Å². The molecule has 0 spiro atoms. The summed E-state index contributed by atoms with van der Waals surface area (Å²) in [4.78, 5) is 23.4. The SMILES string of the molecule is C=C/C=c1/[nH]cc(Nc2ncc(C(=O)c3cc(OC)c(OC)c(OC)c3)[nH]2)/c1=C/C. The smallest absolute Gasteiger partial charge is 0.211 e. The highest BCUT2D eigenvalue weighted by Crippen LogP contribution is 2.38. The first-order valence-electron chi connectivity index (χ1n) is 9.19. The maximum Gasteiger partial charge on any atom is 0.211 e. The van der Waals surface area contributed by atoms with E-state index in [4.69, 9.17) is 14.2 Å². The van der Waals surface area contributed by atoms with Gasteiger partial charge >= 0.3 is 0 Å². The fourth-order valence-electron chi connectivity index (χ4n) is 3.12. The summed E-state index contributed by atoms with van der Waals surface area (Å²) in [5, 5.41) is 5.09. The molecular formula is C22H24N4O4. The van der Waals surface area contributed by atoms with Gasteiger partial charge in [0.05, 0.1) is 33.2 Å². The first-order chi connectivity index (χ1) is 14.6. The number of H-pyrrole nitrogens is 2. The van der Waals surface area contributed by atoms with Crippen molar-refractivity contribution < 1.29 is 19.0 Å². The fraction of sp³-hybridized carbons (Fsp3) is 0.182. The van der Waals surface area contributed by atoms with Gasteiger partial charge in [0.15, 0.2) is 11.5 Å². The number of carbonyl (C=O) groups excluding carboxylic acids is 1. The van der Waals surface area contributed by atoms with Gasteiger partial charge in [-0.15, -0.1) is 0 Å². The van der Waals surface area contributed by atoms with Crippen LogP contribution in [-0.4, -0.2) is 42.1 Å². The van der Waals surface area contributed by atoms with Gasteiger partial charge < -0.3 is 29.5 Å². The van der Waals surface area contributed by atoms with Gasteiger partial charge in [0, 0.05) is 22.3 Å². The van der Waals surface area contributed by atoms with E-state index in [2.05, 4.69) is 26.8 Å². The van der Waals surface area contributed by atoms with Crippen LogP contribution in [0.25, 0.3) is 12.2 Å².